The fourth-order valence-corrected chi connectivity index (χ4v) is 4.44. The summed E-state index contributed by atoms with van der Waals surface area (Å²) in [7, 11) is 0. The van der Waals surface area contributed by atoms with E-state index in [0.717, 1.165) is 0 Å². The minimum Gasteiger partial charge on any atom is -0.494 e. The standard InChI is InChI=1S/C25H17Cl2NO4/c1-2-31-18-9-7-17(8-10-18)28-22(14-4-3-5-15(26)12-14)21-23(29)19-13-16(27)6-11-20(19)32-24(21)25(28)30/h3-13,22H,2H2,1H3. The molecule has 1 atom stereocenters. The first-order chi connectivity index (χ1) is 15.5. The average Bonchev–Trinajstić information content (AvgIpc) is 3.08. The fourth-order valence-electron chi connectivity index (χ4n) is 4.07. The molecule has 0 bridgehead atoms. The van der Waals surface area contributed by atoms with Crippen molar-refractivity contribution in [1.29, 1.82) is 0 Å². The predicted octanol–water partition coefficient (Wildman–Crippen LogP) is 6.25. The minimum absolute atomic E-state index is 0.0173. The van der Waals surface area contributed by atoms with Gasteiger partial charge in [0.25, 0.3) is 5.91 Å². The van der Waals surface area contributed by atoms with Crippen LogP contribution in [-0.2, 0) is 0 Å². The normalized spacial score (nSPS) is 15.3. The monoisotopic (exact) mass is 465 g/mol. The van der Waals surface area contributed by atoms with Gasteiger partial charge in [0, 0.05) is 15.7 Å². The second-order valence-electron chi connectivity index (χ2n) is 7.37. The Morgan fingerprint density at radius 3 is 2.44 bits per heavy atom. The van der Waals surface area contributed by atoms with Crippen LogP contribution in [-0.4, -0.2) is 12.5 Å². The van der Waals surface area contributed by atoms with Crippen LogP contribution in [0, 0.1) is 0 Å². The van der Waals surface area contributed by atoms with E-state index in [0.29, 0.717) is 44.6 Å². The number of fused-ring (bicyclic) bond motifs is 2. The number of nitrogens with zero attached hydrogens (tertiary/aromatic N) is 1. The van der Waals surface area contributed by atoms with Crippen molar-refractivity contribution in [2.75, 3.05) is 11.5 Å². The molecule has 1 unspecified atom stereocenters. The van der Waals surface area contributed by atoms with Gasteiger partial charge in [-0.15, -0.1) is 0 Å². The molecule has 1 aromatic heterocycles. The van der Waals surface area contributed by atoms with E-state index in [1.165, 1.54) is 0 Å². The molecule has 5 rings (SSSR count). The molecule has 1 aliphatic heterocycles. The average molecular weight is 466 g/mol. The third kappa shape index (κ3) is 3.34. The van der Waals surface area contributed by atoms with Gasteiger partial charge in [-0.25, -0.2) is 0 Å². The van der Waals surface area contributed by atoms with Crippen molar-refractivity contribution in [2.45, 2.75) is 13.0 Å². The summed E-state index contributed by atoms with van der Waals surface area (Å²) in [5.74, 6) is 0.307. The van der Waals surface area contributed by atoms with Crippen molar-refractivity contribution in [3.8, 4) is 5.75 Å². The molecule has 4 aromatic rings. The highest BCUT2D eigenvalue weighted by Gasteiger charge is 2.43. The van der Waals surface area contributed by atoms with Crippen molar-refractivity contribution in [3.05, 3.63) is 104 Å². The van der Waals surface area contributed by atoms with Gasteiger partial charge in [-0.3, -0.25) is 14.5 Å². The van der Waals surface area contributed by atoms with Gasteiger partial charge in [0.1, 0.15) is 11.3 Å². The largest absolute Gasteiger partial charge is 0.494 e. The van der Waals surface area contributed by atoms with Gasteiger partial charge in [-0.1, -0.05) is 35.3 Å². The molecule has 0 aliphatic carbocycles. The first kappa shape index (κ1) is 20.6. The quantitative estimate of drug-likeness (QED) is 0.357. The molecule has 32 heavy (non-hydrogen) atoms. The molecule has 0 fully saturated rings. The highest BCUT2D eigenvalue weighted by atomic mass is 35.5. The van der Waals surface area contributed by atoms with E-state index in [1.807, 2.05) is 13.0 Å². The van der Waals surface area contributed by atoms with Crippen molar-refractivity contribution in [2.24, 2.45) is 0 Å². The second-order valence-corrected chi connectivity index (χ2v) is 8.25. The molecule has 5 nitrogen and oxygen atoms in total. The van der Waals surface area contributed by atoms with Gasteiger partial charge in [0.15, 0.2) is 5.43 Å². The Morgan fingerprint density at radius 1 is 0.969 bits per heavy atom. The van der Waals surface area contributed by atoms with Crippen LogP contribution in [0.1, 0.15) is 34.6 Å². The van der Waals surface area contributed by atoms with E-state index in [2.05, 4.69) is 0 Å². The molecule has 0 spiro atoms. The SMILES string of the molecule is CCOc1ccc(N2C(=O)c3oc4ccc(Cl)cc4c(=O)c3C2c2cccc(Cl)c2)cc1. The maximum atomic E-state index is 13.6. The van der Waals surface area contributed by atoms with Gasteiger partial charge in [-0.05, 0) is 67.1 Å². The van der Waals surface area contributed by atoms with E-state index in [9.17, 15) is 9.59 Å². The lowest BCUT2D eigenvalue weighted by molar-refractivity contribution is 0.0971. The number of carbonyl (C=O) groups is 1. The summed E-state index contributed by atoms with van der Waals surface area (Å²) in [6, 6.07) is 18.3. The van der Waals surface area contributed by atoms with Gasteiger partial charge < -0.3 is 9.15 Å². The lowest BCUT2D eigenvalue weighted by Crippen LogP contribution is -2.29. The van der Waals surface area contributed by atoms with Crippen LogP contribution < -0.4 is 15.1 Å². The fraction of sp³-hybridized carbons (Fsp3) is 0.120. The van der Waals surface area contributed by atoms with E-state index >= 15 is 0 Å². The number of amides is 1. The summed E-state index contributed by atoms with van der Waals surface area (Å²) in [4.78, 5) is 28.6. The summed E-state index contributed by atoms with van der Waals surface area (Å²) in [5.41, 5.74) is 1.59. The molecule has 0 N–H and O–H groups in total. The maximum absolute atomic E-state index is 13.6. The van der Waals surface area contributed by atoms with Gasteiger partial charge in [-0.2, -0.15) is 0 Å². The van der Waals surface area contributed by atoms with E-state index < -0.39 is 11.9 Å². The Labute approximate surface area is 193 Å². The van der Waals surface area contributed by atoms with Crippen LogP contribution in [0.3, 0.4) is 0 Å². The maximum Gasteiger partial charge on any atom is 0.295 e. The van der Waals surface area contributed by atoms with E-state index in [4.69, 9.17) is 32.4 Å². The third-order valence-electron chi connectivity index (χ3n) is 5.42. The summed E-state index contributed by atoms with van der Waals surface area (Å²) in [6.07, 6.45) is 0. The van der Waals surface area contributed by atoms with Crippen LogP contribution in [0.25, 0.3) is 11.0 Å². The number of rotatable bonds is 4. The van der Waals surface area contributed by atoms with Crippen molar-refractivity contribution >= 4 is 45.8 Å². The highest BCUT2D eigenvalue weighted by Crippen LogP contribution is 2.42. The van der Waals surface area contributed by atoms with Crippen LogP contribution in [0.5, 0.6) is 5.75 Å². The van der Waals surface area contributed by atoms with E-state index in [-0.39, 0.29) is 16.8 Å². The zero-order chi connectivity index (χ0) is 22.4. The molecule has 0 radical (unpaired) electrons. The van der Waals surface area contributed by atoms with Gasteiger partial charge in [0.2, 0.25) is 5.76 Å². The number of hydrogen-bond donors (Lipinski definition) is 0. The Kier molecular flexibility index (Phi) is 5.16. The molecular weight excluding hydrogens is 449 g/mol. The predicted molar refractivity (Wildman–Crippen MR) is 125 cm³/mol. The lowest BCUT2D eigenvalue weighted by atomic mass is 9.98. The molecular formula is C25H17Cl2NO4. The van der Waals surface area contributed by atoms with Crippen LogP contribution in [0.15, 0.2) is 75.9 Å². The lowest BCUT2D eigenvalue weighted by Gasteiger charge is -2.25. The molecule has 1 aliphatic rings. The van der Waals surface area contributed by atoms with Gasteiger partial charge >= 0.3 is 0 Å². The Bertz CT molecular complexity index is 1410. The number of hydrogen-bond acceptors (Lipinski definition) is 4. The van der Waals surface area contributed by atoms with E-state index in [1.54, 1.807) is 65.6 Å². The second kappa shape index (κ2) is 8.01. The molecule has 1 amide bonds. The summed E-state index contributed by atoms with van der Waals surface area (Å²) < 4.78 is 11.5. The zero-order valence-corrected chi connectivity index (χ0v) is 18.5. The number of ether oxygens (including phenoxy) is 1. The molecule has 0 saturated carbocycles. The van der Waals surface area contributed by atoms with Crippen LogP contribution in [0.4, 0.5) is 5.69 Å². The van der Waals surface area contributed by atoms with Crippen LogP contribution >= 0.6 is 23.2 Å². The first-order valence-electron chi connectivity index (χ1n) is 10.1. The molecule has 3 aromatic carbocycles. The summed E-state index contributed by atoms with van der Waals surface area (Å²) in [6.45, 7) is 2.43. The molecule has 2 heterocycles. The Morgan fingerprint density at radius 2 is 1.72 bits per heavy atom. The number of anilines is 1. The number of benzene rings is 3. The van der Waals surface area contributed by atoms with Crippen molar-refractivity contribution in [1.82, 2.24) is 0 Å². The topological polar surface area (TPSA) is 59.8 Å². The Hall–Kier alpha value is -3.28. The third-order valence-corrected chi connectivity index (χ3v) is 5.89. The Balaban J connectivity index is 1.76. The zero-order valence-electron chi connectivity index (χ0n) is 17.0. The molecule has 160 valence electrons. The first-order valence-corrected chi connectivity index (χ1v) is 10.8. The van der Waals surface area contributed by atoms with Crippen molar-refractivity contribution in [3.63, 3.8) is 0 Å². The smallest absolute Gasteiger partial charge is 0.295 e. The van der Waals surface area contributed by atoms with Crippen molar-refractivity contribution < 1.29 is 13.9 Å². The highest BCUT2D eigenvalue weighted by molar-refractivity contribution is 6.31. The summed E-state index contributed by atoms with van der Waals surface area (Å²) in [5, 5.41) is 1.24. The number of carbonyl (C=O) groups excluding carboxylic acids is 1. The van der Waals surface area contributed by atoms with Gasteiger partial charge in [0.05, 0.1) is 23.6 Å². The van der Waals surface area contributed by atoms with Crippen LogP contribution in [0.2, 0.25) is 10.0 Å². The molecule has 7 heteroatoms. The number of halogens is 2. The molecule has 0 saturated heterocycles. The summed E-state index contributed by atoms with van der Waals surface area (Å²) >= 11 is 12.4. The minimum atomic E-state index is -0.700.